The Morgan fingerprint density at radius 1 is 0.926 bits per heavy atom. The first-order chi connectivity index (χ1) is 13.3. The molecule has 1 amide bonds. The third-order valence-corrected chi connectivity index (χ3v) is 5.78. The summed E-state index contributed by atoms with van der Waals surface area (Å²) in [5.41, 5.74) is 3.21. The monoisotopic (exact) mass is 377 g/mol. The van der Waals surface area contributed by atoms with Gasteiger partial charge in [-0.3, -0.25) is 9.36 Å². The highest BCUT2D eigenvalue weighted by atomic mass is 32.2. The van der Waals surface area contributed by atoms with E-state index in [9.17, 15) is 4.79 Å². The summed E-state index contributed by atoms with van der Waals surface area (Å²) in [6, 6.07) is 20.5. The molecule has 3 aromatic rings. The van der Waals surface area contributed by atoms with Gasteiger partial charge < -0.3 is 4.90 Å². The number of aromatic nitrogens is 2. The van der Waals surface area contributed by atoms with E-state index >= 15 is 0 Å². The average molecular weight is 378 g/mol. The minimum absolute atomic E-state index is 0.212. The third kappa shape index (κ3) is 4.08. The van der Waals surface area contributed by atoms with Crippen LogP contribution in [0.15, 0.2) is 72.0 Å². The van der Waals surface area contributed by atoms with Gasteiger partial charge in [0, 0.05) is 24.3 Å². The SMILES string of the molecule is O=C(CSc1ncc(-c2ccccc2)n1-c1ccccc1)N1CCCCC1. The number of piperidine rings is 1. The lowest BCUT2D eigenvalue weighted by Crippen LogP contribution is -2.36. The van der Waals surface area contributed by atoms with Crippen molar-refractivity contribution in [2.45, 2.75) is 24.4 Å². The molecule has 138 valence electrons. The lowest BCUT2D eigenvalue weighted by Gasteiger charge is -2.26. The molecule has 2 aromatic carbocycles. The zero-order valence-electron chi connectivity index (χ0n) is 15.3. The van der Waals surface area contributed by atoms with E-state index in [4.69, 9.17) is 0 Å². The van der Waals surface area contributed by atoms with Crippen molar-refractivity contribution in [3.05, 3.63) is 66.9 Å². The summed E-state index contributed by atoms with van der Waals surface area (Å²) in [7, 11) is 0. The summed E-state index contributed by atoms with van der Waals surface area (Å²) in [5, 5.41) is 0.852. The molecule has 0 N–H and O–H groups in total. The summed E-state index contributed by atoms with van der Waals surface area (Å²) in [6.07, 6.45) is 5.37. The second kappa shape index (κ2) is 8.44. The maximum absolute atomic E-state index is 12.6. The lowest BCUT2D eigenvalue weighted by atomic mass is 10.1. The topological polar surface area (TPSA) is 38.1 Å². The maximum Gasteiger partial charge on any atom is 0.233 e. The average Bonchev–Trinajstić information content (AvgIpc) is 3.18. The zero-order chi connectivity index (χ0) is 18.5. The van der Waals surface area contributed by atoms with Gasteiger partial charge in [-0.2, -0.15) is 0 Å². The Morgan fingerprint density at radius 3 is 2.30 bits per heavy atom. The van der Waals surface area contributed by atoms with E-state index in [0.717, 1.165) is 48.0 Å². The summed E-state index contributed by atoms with van der Waals surface area (Å²) in [6.45, 7) is 1.78. The Hall–Kier alpha value is -2.53. The highest BCUT2D eigenvalue weighted by Gasteiger charge is 2.19. The van der Waals surface area contributed by atoms with Crippen LogP contribution in [0.2, 0.25) is 0 Å². The van der Waals surface area contributed by atoms with E-state index < -0.39 is 0 Å². The number of thioether (sulfide) groups is 1. The highest BCUT2D eigenvalue weighted by molar-refractivity contribution is 7.99. The van der Waals surface area contributed by atoms with Gasteiger partial charge in [-0.1, -0.05) is 60.3 Å². The molecule has 1 aromatic heterocycles. The van der Waals surface area contributed by atoms with E-state index in [1.807, 2.05) is 47.5 Å². The Morgan fingerprint density at radius 2 is 1.59 bits per heavy atom. The van der Waals surface area contributed by atoms with Crippen molar-refractivity contribution in [1.29, 1.82) is 0 Å². The van der Waals surface area contributed by atoms with Crippen molar-refractivity contribution in [3.8, 4) is 16.9 Å². The maximum atomic E-state index is 12.6. The third-order valence-electron chi connectivity index (χ3n) is 4.85. The van der Waals surface area contributed by atoms with Crippen LogP contribution in [0.3, 0.4) is 0 Å². The molecule has 4 rings (SSSR count). The molecule has 0 bridgehead atoms. The molecular weight excluding hydrogens is 354 g/mol. The molecule has 27 heavy (non-hydrogen) atoms. The van der Waals surface area contributed by atoms with Crippen LogP contribution in [0.1, 0.15) is 19.3 Å². The minimum atomic E-state index is 0.212. The van der Waals surface area contributed by atoms with Crippen LogP contribution >= 0.6 is 11.8 Å². The minimum Gasteiger partial charge on any atom is -0.342 e. The van der Waals surface area contributed by atoms with E-state index in [1.165, 1.54) is 18.2 Å². The molecule has 5 heteroatoms. The number of rotatable bonds is 5. The van der Waals surface area contributed by atoms with Gasteiger partial charge in [0.15, 0.2) is 5.16 Å². The molecule has 0 saturated carbocycles. The number of para-hydroxylation sites is 1. The van der Waals surface area contributed by atoms with Gasteiger partial charge in [0.25, 0.3) is 0 Å². The fourth-order valence-corrected chi connectivity index (χ4v) is 4.33. The van der Waals surface area contributed by atoms with Gasteiger partial charge in [0.1, 0.15) is 0 Å². The number of carbonyl (C=O) groups is 1. The van der Waals surface area contributed by atoms with Crippen LogP contribution in [0, 0.1) is 0 Å². The van der Waals surface area contributed by atoms with Crippen molar-refractivity contribution >= 4 is 17.7 Å². The van der Waals surface area contributed by atoms with Gasteiger partial charge in [0.2, 0.25) is 5.91 Å². The van der Waals surface area contributed by atoms with Crippen LogP contribution < -0.4 is 0 Å². The smallest absolute Gasteiger partial charge is 0.233 e. The lowest BCUT2D eigenvalue weighted by molar-refractivity contribution is -0.129. The number of nitrogens with zero attached hydrogens (tertiary/aromatic N) is 3. The molecule has 2 heterocycles. The first kappa shape index (κ1) is 17.9. The number of imidazole rings is 1. The van der Waals surface area contributed by atoms with Gasteiger partial charge >= 0.3 is 0 Å². The molecule has 4 nitrogen and oxygen atoms in total. The van der Waals surface area contributed by atoms with Gasteiger partial charge in [-0.05, 0) is 31.4 Å². The molecule has 1 saturated heterocycles. The van der Waals surface area contributed by atoms with Crippen LogP contribution in [-0.4, -0.2) is 39.2 Å². The number of hydrogen-bond donors (Lipinski definition) is 0. The number of likely N-dealkylation sites (tertiary alicyclic amines) is 1. The van der Waals surface area contributed by atoms with E-state index in [2.05, 4.69) is 33.8 Å². The predicted octanol–water partition coefficient (Wildman–Crippen LogP) is 4.64. The van der Waals surface area contributed by atoms with Crippen LogP contribution in [-0.2, 0) is 4.79 Å². The molecule has 0 aliphatic carbocycles. The van der Waals surface area contributed by atoms with Crippen molar-refractivity contribution in [3.63, 3.8) is 0 Å². The standard InChI is InChI=1S/C22H23N3OS/c26-21(24-14-8-3-9-15-24)17-27-22-23-16-20(18-10-4-1-5-11-18)25(22)19-12-6-2-7-13-19/h1-2,4-7,10-13,16H,3,8-9,14-15,17H2. The highest BCUT2D eigenvalue weighted by Crippen LogP contribution is 2.30. The van der Waals surface area contributed by atoms with Crippen molar-refractivity contribution in [2.75, 3.05) is 18.8 Å². The fraction of sp³-hybridized carbons (Fsp3) is 0.273. The Bertz CT molecular complexity index is 886. The van der Waals surface area contributed by atoms with Crippen molar-refractivity contribution in [2.24, 2.45) is 0 Å². The quantitative estimate of drug-likeness (QED) is 0.608. The summed E-state index contributed by atoms with van der Waals surface area (Å²) in [5.74, 6) is 0.640. The fourth-order valence-electron chi connectivity index (χ4n) is 3.44. The van der Waals surface area contributed by atoms with Crippen LogP contribution in [0.25, 0.3) is 16.9 Å². The van der Waals surface area contributed by atoms with Gasteiger partial charge in [-0.15, -0.1) is 0 Å². The molecule has 0 radical (unpaired) electrons. The van der Waals surface area contributed by atoms with Crippen LogP contribution in [0.5, 0.6) is 0 Å². The molecule has 0 spiro atoms. The zero-order valence-corrected chi connectivity index (χ0v) is 16.1. The normalized spacial score (nSPS) is 14.3. The van der Waals surface area contributed by atoms with E-state index in [-0.39, 0.29) is 5.91 Å². The Labute approximate surface area is 164 Å². The van der Waals surface area contributed by atoms with E-state index in [1.54, 1.807) is 0 Å². The molecule has 1 aliphatic heterocycles. The molecule has 1 fully saturated rings. The first-order valence-electron chi connectivity index (χ1n) is 9.42. The first-order valence-corrected chi connectivity index (χ1v) is 10.4. The van der Waals surface area contributed by atoms with Crippen molar-refractivity contribution in [1.82, 2.24) is 14.5 Å². The van der Waals surface area contributed by atoms with E-state index in [0.29, 0.717) is 5.75 Å². The molecule has 0 atom stereocenters. The number of carbonyl (C=O) groups excluding carboxylic acids is 1. The Balaban J connectivity index is 1.61. The second-order valence-electron chi connectivity index (χ2n) is 6.69. The summed E-state index contributed by atoms with van der Waals surface area (Å²) < 4.78 is 2.14. The van der Waals surface area contributed by atoms with Crippen LogP contribution in [0.4, 0.5) is 0 Å². The molecule has 1 aliphatic rings. The summed E-state index contributed by atoms with van der Waals surface area (Å²) >= 11 is 1.52. The molecular formula is C22H23N3OS. The predicted molar refractivity (Wildman–Crippen MR) is 110 cm³/mol. The number of benzene rings is 2. The summed E-state index contributed by atoms with van der Waals surface area (Å²) in [4.78, 5) is 19.2. The number of hydrogen-bond acceptors (Lipinski definition) is 3. The second-order valence-corrected chi connectivity index (χ2v) is 7.64. The Kier molecular flexibility index (Phi) is 5.58. The largest absolute Gasteiger partial charge is 0.342 e. The van der Waals surface area contributed by atoms with Gasteiger partial charge in [0.05, 0.1) is 17.6 Å². The number of amides is 1. The molecule has 0 unspecified atom stereocenters. The van der Waals surface area contributed by atoms with Gasteiger partial charge in [-0.25, -0.2) is 4.98 Å². The van der Waals surface area contributed by atoms with Crippen molar-refractivity contribution < 1.29 is 4.79 Å².